The normalized spacial score (nSPS) is 20.5. The van der Waals surface area contributed by atoms with Crippen molar-refractivity contribution in [1.82, 2.24) is 25.3 Å². The van der Waals surface area contributed by atoms with E-state index >= 15 is 0 Å². The molecule has 13 nitrogen and oxygen atoms in total. The Morgan fingerprint density at radius 2 is 1.50 bits per heavy atom. The first kappa shape index (κ1) is 46.9. The molecule has 0 radical (unpaired) electrons. The van der Waals surface area contributed by atoms with E-state index in [2.05, 4.69) is 10.6 Å². The summed E-state index contributed by atoms with van der Waals surface area (Å²) in [6.07, 6.45) is -0.616. The molecule has 0 aliphatic carbocycles. The van der Waals surface area contributed by atoms with Crippen LogP contribution in [0.1, 0.15) is 80.2 Å². The van der Waals surface area contributed by atoms with E-state index in [1.54, 1.807) is 30.9 Å². The molecule has 54 heavy (non-hydrogen) atoms. The fraction of sp³-hybridized carbons (Fsp3) is 0.756. The first-order chi connectivity index (χ1) is 25.3. The maximum absolute atomic E-state index is 14.2. The number of nitrogens with one attached hydrogen (secondary N) is 2. The summed E-state index contributed by atoms with van der Waals surface area (Å²) in [4.78, 5) is 60.5. The average Bonchev–Trinajstić information content (AvgIpc) is 3.50. The summed E-state index contributed by atoms with van der Waals surface area (Å²) in [7, 11) is 10.1. The second-order valence-electron chi connectivity index (χ2n) is 16.1. The molecule has 3 N–H and O–H groups in total. The Balaban J connectivity index is 2.27. The zero-order chi connectivity index (χ0) is 41.0. The monoisotopic (exact) mass is 762 g/mol. The van der Waals surface area contributed by atoms with Crippen LogP contribution in [0, 0.1) is 23.7 Å². The number of hydrogen-bond donors (Lipinski definition) is 3. The standard InChI is InChI=1S/C41H71N5O8/c1-15-26(6)37(45(11)41(51)35(24(2)3)43-40(50)36(25(4)5)44(9)10)33(53-13)22-34(48)46-23-30(47)21-32(46)38(54-14)28(8)39(49)42-27(7)20-29-16-18-31(52-12)19-17-29/h16-19,24-28,30,32-33,35-38,47H,15,20-23H2,1-14H3,(H,42,49)(H,43,50)/t26-,27+,28+,30-,32-,33+,35-,36-,37-,38+/m0/s1. The molecule has 0 saturated carbocycles. The van der Waals surface area contributed by atoms with Crippen molar-refractivity contribution < 1.29 is 38.5 Å². The predicted molar refractivity (Wildman–Crippen MR) is 211 cm³/mol. The molecule has 1 aromatic carbocycles. The lowest BCUT2D eigenvalue weighted by molar-refractivity contribution is -0.148. The molecule has 1 aliphatic rings. The molecule has 1 aromatic rings. The van der Waals surface area contributed by atoms with Gasteiger partial charge in [-0.25, -0.2) is 0 Å². The Kier molecular flexibility index (Phi) is 18.9. The number of ether oxygens (including phenoxy) is 3. The van der Waals surface area contributed by atoms with Crippen LogP contribution in [0.5, 0.6) is 5.75 Å². The molecule has 1 aliphatic heterocycles. The molecule has 308 valence electrons. The molecule has 0 unspecified atom stereocenters. The fourth-order valence-corrected chi connectivity index (χ4v) is 7.95. The fourth-order valence-electron chi connectivity index (χ4n) is 7.95. The Hall–Kier alpha value is -3.26. The quantitative estimate of drug-likeness (QED) is 0.172. The van der Waals surface area contributed by atoms with Gasteiger partial charge in [-0.05, 0) is 69.3 Å². The van der Waals surface area contributed by atoms with E-state index in [1.807, 2.05) is 91.7 Å². The summed E-state index contributed by atoms with van der Waals surface area (Å²) in [5.74, 6) is -1.02. The topological polar surface area (TPSA) is 150 Å². The van der Waals surface area contributed by atoms with Crippen LogP contribution in [0.25, 0.3) is 0 Å². The van der Waals surface area contributed by atoms with Gasteiger partial charge in [0.1, 0.15) is 11.8 Å². The number of amides is 4. The number of benzene rings is 1. The van der Waals surface area contributed by atoms with Crippen LogP contribution in [0.3, 0.4) is 0 Å². The molecule has 0 aromatic heterocycles. The van der Waals surface area contributed by atoms with Crippen molar-refractivity contribution in [2.24, 2.45) is 23.7 Å². The lowest BCUT2D eigenvalue weighted by atomic mass is 9.89. The summed E-state index contributed by atoms with van der Waals surface area (Å²) in [5, 5.41) is 16.9. The number of β-amino-alcohol motifs (C(OH)–C–C–N with tert-alkyl or cyclic N) is 1. The van der Waals surface area contributed by atoms with Crippen LogP contribution in [0.15, 0.2) is 24.3 Å². The van der Waals surface area contributed by atoms with Gasteiger partial charge in [0.25, 0.3) is 0 Å². The second kappa shape index (κ2) is 21.7. The Labute approximate surface area is 324 Å². The number of methoxy groups -OCH3 is 3. The first-order valence-electron chi connectivity index (χ1n) is 19.5. The van der Waals surface area contributed by atoms with Crippen LogP contribution in [0.2, 0.25) is 0 Å². The van der Waals surface area contributed by atoms with Crippen LogP contribution >= 0.6 is 0 Å². The smallest absolute Gasteiger partial charge is 0.245 e. The van der Waals surface area contributed by atoms with Crippen LogP contribution in [0.4, 0.5) is 0 Å². The summed E-state index contributed by atoms with van der Waals surface area (Å²) >= 11 is 0. The van der Waals surface area contributed by atoms with E-state index in [0.717, 1.165) is 11.3 Å². The van der Waals surface area contributed by atoms with E-state index in [9.17, 15) is 24.3 Å². The lowest BCUT2D eigenvalue weighted by Gasteiger charge is -2.41. The number of nitrogens with zero attached hydrogens (tertiary/aromatic N) is 3. The van der Waals surface area contributed by atoms with Gasteiger partial charge in [0.2, 0.25) is 23.6 Å². The van der Waals surface area contributed by atoms with Gasteiger partial charge >= 0.3 is 0 Å². The van der Waals surface area contributed by atoms with Crippen molar-refractivity contribution in [2.75, 3.05) is 49.0 Å². The SMILES string of the molecule is CC[C@H](C)[C@@H]([C@@H](CC(=O)N1C[C@@H](O)C[C@H]1[C@H](OC)[C@@H](C)C(=O)N[C@H](C)Cc1ccc(OC)cc1)OC)N(C)C(=O)[C@@H](NC(=O)[C@H](C(C)C)N(C)C)C(C)C. The zero-order valence-electron chi connectivity index (χ0n) is 35.4. The van der Waals surface area contributed by atoms with Crippen LogP contribution < -0.4 is 15.4 Å². The number of rotatable bonds is 21. The predicted octanol–water partition coefficient (Wildman–Crippen LogP) is 3.36. The molecular weight excluding hydrogens is 690 g/mol. The highest BCUT2D eigenvalue weighted by atomic mass is 16.5. The van der Waals surface area contributed by atoms with Crippen LogP contribution in [-0.4, -0.2) is 141 Å². The minimum absolute atomic E-state index is 0.0362. The van der Waals surface area contributed by atoms with Crippen molar-refractivity contribution in [1.29, 1.82) is 0 Å². The second-order valence-corrected chi connectivity index (χ2v) is 16.1. The van der Waals surface area contributed by atoms with Gasteiger partial charge in [0.05, 0.1) is 55.9 Å². The third kappa shape index (κ3) is 12.4. The molecule has 10 atom stereocenters. The number of aliphatic hydroxyl groups is 1. The minimum atomic E-state index is -0.788. The van der Waals surface area contributed by atoms with Gasteiger partial charge in [-0.1, -0.05) is 67.0 Å². The molecule has 4 amide bonds. The molecule has 0 spiro atoms. The Bertz CT molecular complexity index is 1330. The maximum atomic E-state index is 14.2. The van der Waals surface area contributed by atoms with Gasteiger partial charge in [-0.3, -0.25) is 24.1 Å². The summed E-state index contributed by atoms with van der Waals surface area (Å²) < 4.78 is 17.1. The Morgan fingerprint density at radius 3 is 1.98 bits per heavy atom. The number of aliphatic hydroxyl groups excluding tert-OH is 1. The number of likely N-dealkylation sites (N-methyl/N-ethyl adjacent to an activating group) is 2. The van der Waals surface area contributed by atoms with E-state index < -0.39 is 48.4 Å². The molecule has 0 bridgehead atoms. The third-order valence-corrected chi connectivity index (χ3v) is 11.1. The van der Waals surface area contributed by atoms with Crippen molar-refractivity contribution in [3.63, 3.8) is 0 Å². The van der Waals surface area contributed by atoms with E-state index in [4.69, 9.17) is 14.2 Å². The summed E-state index contributed by atoms with van der Waals surface area (Å²) in [6.45, 7) is 15.6. The molecule has 13 heteroatoms. The molecular formula is C41H71N5O8. The van der Waals surface area contributed by atoms with Gasteiger partial charge in [0, 0.05) is 33.9 Å². The number of likely N-dealkylation sites (tertiary alicyclic amines) is 1. The third-order valence-electron chi connectivity index (χ3n) is 11.1. The van der Waals surface area contributed by atoms with Crippen molar-refractivity contribution in [3.8, 4) is 5.75 Å². The Morgan fingerprint density at radius 1 is 0.889 bits per heavy atom. The number of hydrogen-bond acceptors (Lipinski definition) is 9. The molecule has 1 fully saturated rings. The largest absolute Gasteiger partial charge is 0.497 e. The van der Waals surface area contributed by atoms with Gasteiger partial charge in [0.15, 0.2) is 0 Å². The van der Waals surface area contributed by atoms with Crippen molar-refractivity contribution in [3.05, 3.63) is 29.8 Å². The number of carbonyl (C=O) groups is 4. The van der Waals surface area contributed by atoms with Crippen LogP contribution in [-0.2, 0) is 35.1 Å². The van der Waals surface area contributed by atoms with Gasteiger partial charge in [-0.15, -0.1) is 0 Å². The first-order valence-corrected chi connectivity index (χ1v) is 19.5. The van der Waals surface area contributed by atoms with Crippen molar-refractivity contribution >= 4 is 23.6 Å². The molecule has 1 saturated heterocycles. The van der Waals surface area contributed by atoms with E-state index in [1.165, 1.54) is 14.2 Å². The molecule has 1 heterocycles. The highest BCUT2D eigenvalue weighted by molar-refractivity contribution is 5.90. The summed E-state index contributed by atoms with van der Waals surface area (Å²) in [6, 6.07) is 5.30. The summed E-state index contributed by atoms with van der Waals surface area (Å²) in [5.41, 5.74) is 1.06. The minimum Gasteiger partial charge on any atom is -0.497 e. The average molecular weight is 762 g/mol. The van der Waals surface area contributed by atoms with E-state index in [-0.39, 0.29) is 66.8 Å². The van der Waals surface area contributed by atoms with E-state index in [0.29, 0.717) is 12.8 Å². The maximum Gasteiger partial charge on any atom is 0.245 e. The van der Waals surface area contributed by atoms with Crippen molar-refractivity contribution in [2.45, 2.75) is 130 Å². The van der Waals surface area contributed by atoms with Gasteiger partial charge in [-0.2, -0.15) is 0 Å². The zero-order valence-corrected chi connectivity index (χ0v) is 35.4. The lowest BCUT2D eigenvalue weighted by Crippen LogP contribution is -2.59. The highest BCUT2D eigenvalue weighted by Crippen LogP contribution is 2.30. The number of carbonyl (C=O) groups excluding carboxylic acids is 4. The van der Waals surface area contributed by atoms with Gasteiger partial charge < -0.3 is 39.8 Å². The molecule has 2 rings (SSSR count). The highest BCUT2D eigenvalue weighted by Gasteiger charge is 2.45.